The number of para-hydroxylation sites is 1. The monoisotopic (exact) mass is 254 g/mol. The Morgan fingerprint density at radius 1 is 0.833 bits per heavy atom. The Labute approximate surface area is 109 Å². The van der Waals surface area contributed by atoms with Gasteiger partial charge >= 0.3 is 5.97 Å². The van der Waals surface area contributed by atoms with Crippen LogP contribution in [0.2, 0.25) is 0 Å². The summed E-state index contributed by atoms with van der Waals surface area (Å²) in [5, 5.41) is 0. The fourth-order valence-corrected chi connectivity index (χ4v) is 1.60. The number of hydrogen-bond acceptors (Lipinski definition) is 4. The van der Waals surface area contributed by atoms with Crippen molar-refractivity contribution in [2.24, 2.45) is 0 Å². The summed E-state index contributed by atoms with van der Waals surface area (Å²) in [7, 11) is 0. The minimum atomic E-state index is -1.12. The SMILES string of the molecule is CCOC(COc1ccccc1)(OCC)OCC. The van der Waals surface area contributed by atoms with Crippen LogP contribution in [0.1, 0.15) is 20.8 Å². The van der Waals surface area contributed by atoms with Crippen LogP contribution in [-0.4, -0.2) is 32.4 Å². The average Bonchev–Trinajstić information content (AvgIpc) is 2.39. The molecule has 0 N–H and O–H groups in total. The first-order chi connectivity index (χ1) is 8.76. The lowest BCUT2D eigenvalue weighted by atomic mass is 10.3. The summed E-state index contributed by atoms with van der Waals surface area (Å²) in [5.74, 6) is -0.352. The molecular formula is C14H22O4. The summed E-state index contributed by atoms with van der Waals surface area (Å²) in [6.45, 7) is 7.39. The molecule has 1 aromatic carbocycles. The molecule has 18 heavy (non-hydrogen) atoms. The van der Waals surface area contributed by atoms with E-state index in [1.807, 2.05) is 51.1 Å². The smallest absolute Gasteiger partial charge is 0.319 e. The van der Waals surface area contributed by atoms with Gasteiger partial charge in [0.25, 0.3) is 0 Å². The molecule has 1 aromatic rings. The molecule has 4 heteroatoms. The summed E-state index contributed by atoms with van der Waals surface area (Å²) in [5.41, 5.74) is 0. The van der Waals surface area contributed by atoms with Gasteiger partial charge in [0.1, 0.15) is 5.75 Å². The molecule has 0 heterocycles. The van der Waals surface area contributed by atoms with Gasteiger partial charge in [-0.1, -0.05) is 18.2 Å². The first-order valence-corrected chi connectivity index (χ1v) is 6.36. The highest BCUT2D eigenvalue weighted by molar-refractivity contribution is 5.20. The Kier molecular flexibility index (Phi) is 6.72. The maximum Gasteiger partial charge on any atom is 0.319 e. The third kappa shape index (κ3) is 4.64. The largest absolute Gasteiger partial charge is 0.485 e. The molecule has 102 valence electrons. The first kappa shape index (κ1) is 15.0. The van der Waals surface area contributed by atoms with E-state index in [4.69, 9.17) is 18.9 Å². The fourth-order valence-electron chi connectivity index (χ4n) is 1.60. The van der Waals surface area contributed by atoms with Crippen LogP contribution >= 0.6 is 0 Å². The normalized spacial score (nSPS) is 11.5. The third-order valence-corrected chi connectivity index (χ3v) is 2.25. The van der Waals surface area contributed by atoms with Crippen molar-refractivity contribution in [1.82, 2.24) is 0 Å². The molecule has 0 aromatic heterocycles. The van der Waals surface area contributed by atoms with Gasteiger partial charge in [-0.25, -0.2) is 0 Å². The lowest BCUT2D eigenvalue weighted by molar-refractivity contribution is -0.384. The minimum absolute atomic E-state index is 0.201. The Hall–Kier alpha value is -1.10. The van der Waals surface area contributed by atoms with Crippen LogP contribution in [0, 0.1) is 0 Å². The Morgan fingerprint density at radius 2 is 1.33 bits per heavy atom. The van der Waals surface area contributed by atoms with Crippen molar-refractivity contribution >= 4 is 0 Å². The van der Waals surface area contributed by atoms with E-state index in [1.54, 1.807) is 0 Å². The van der Waals surface area contributed by atoms with E-state index in [2.05, 4.69) is 0 Å². The maximum atomic E-state index is 5.65. The zero-order valence-electron chi connectivity index (χ0n) is 11.3. The number of ether oxygens (including phenoxy) is 4. The van der Waals surface area contributed by atoms with Gasteiger partial charge in [-0.3, -0.25) is 0 Å². The number of rotatable bonds is 9. The molecule has 0 saturated heterocycles. The summed E-state index contributed by atoms with van der Waals surface area (Å²) >= 11 is 0. The lowest BCUT2D eigenvalue weighted by Crippen LogP contribution is -2.45. The molecular weight excluding hydrogens is 232 g/mol. The lowest BCUT2D eigenvalue weighted by Gasteiger charge is -2.31. The van der Waals surface area contributed by atoms with Crippen LogP contribution < -0.4 is 4.74 Å². The Bertz CT molecular complexity index is 296. The van der Waals surface area contributed by atoms with E-state index >= 15 is 0 Å². The molecule has 0 aliphatic rings. The van der Waals surface area contributed by atoms with Crippen molar-refractivity contribution < 1.29 is 18.9 Å². The highest BCUT2D eigenvalue weighted by Crippen LogP contribution is 2.19. The van der Waals surface area contributed by atoms with Gasteiger partial charge in [0.05, 0.1) is 0 Å². The topological polar surface area (TPSA) is 36.9 Å². The van der Waals surface area contributed by atoms with E-state index in [9.17, 15) is 0 Å². The van der Waals surface area contributed by atoms with Crippen LogP contribution in [0.15, 0.2) is 30.3 Å². The standard InChI is InChI=1S/C14H22O4/c1-4-16-14(17-5-2,18-6-3)12-15-13-10-8-7-9-11-13/h7-11H,4-6,12H2,1-3H3. The molecule has 0 aliphatic heterocycles. The fraction of sp³-hybridized carbons (Fsp3) is 0.571. The summed E-state index contributed by atoms with van der Waals surface area (Å²) in [6.07, 6.45) is 0. The average molecular weight is 254 g/mol. The molecule has 0 atom stereocenters. The quantitative estimate of drug-likeness (QED) is 0.635. The molecule has 0 fully saturated rings. The molecule has 4 nitrogen and oxygen atoms in total. The van der Waals surface area contributed by atoms with Gasteiger partial charge in [0, 0.05) is 19.8 Å². The zero-order valence-corrected chi connectivity index (χ0v) is 11.3. The van der Waals surface area contributed by atoms with Crippen molar-refractivity contribution in [3.63, 3.8) is 0 Å². The molecule has 0 unspecified atom stereocenters. The van der Waals surface area contributed by atoms with E-state index in [0.717, 1.165) is 5.75 Å². The second-order valence-corrected chi connectivity index (χ2v) is 3.58. The van der Waals surface area contributed by atoms with Gasteiger partial charge in [-0.2, -0.15) is 0 Å². The molecule has 0 bridgehead atoms. The third-order valence-electron chi connectivity index (χ3n) is 2.25. The van der Waals surface area contributed by atoms with Crippen molar-refractivity contribution in [2.45, 2.75) is 26.7 Å². The van der Waals surface area contributed by atoms with Crippen LogP contribution in [0.4, 0.5) is 0 Å². The van der Waals surface area contributed by atoms with Crippen LogP contribution in [0.25, 0.3) is 0 Å². The van der Waals surface area contributed by atoms with Gasteiger partial charge in [-0.15, -0.1) is 0 Å². The van der Waals surface area contributed by atoms with Crippen molar-refractivity contribution in [1.29, 1.82) is 0 Å². The maximum absolute atomic E-state index is 5.65. The van der Waals surface area contributed by atoms with Gasteiger partial charge in [0.2, 0.25) is 0 Å². The van der Waals surface area contributed by atoms with Crippen LogP contribution in [0.5, 0.6) is 5.75 Å². The van der Waals surface area contributed by atoms with Gasteiger partial charge < -0.3 is 18.9 Å². The van der Waals surface area contributed by atoms with Crippen molar-refractivity contribution in [3.8, 4) is 5.75 Å². The molecule has 0 aliphatic carbocycles. The van der Waals surface area contributed by atoms with E-state index in [1.165, 1.54) is 0 Å². The zero-order chi connectivity index (χ0) is 13.3. The number of hydrogen-bond donors (Lipinski definition) is 0. The highest BCUT2D eigenvalue weighted by atomic mass is 16.9. The predicted molar refractivity (Wildman–Crippen MR) is 69.5 cm³/mol. The van der Waals surface area contributed by atoms with Crippen molar-refractivity contribution in [2.75, 3.05) is 26.4 Å². The molecule has 0 saturated carbocycles. The Morgan fingerprint density at radius 3 is 1.78 bits per heavy atom. The molecule has 0 radical (unpaired) electrons. The van der Waals surface area contributed by atoms with Crippen LogP contribution in [-0.2, 0) is 14.2 Å². The molecule has 0 spiro atoms. The van der Waals surface area contributed by atoms with Crippen molar-refractivity contribution in [3.05, 3.63) is 30.3 Å². The van der Waals surface area contributed by atoms with E-state index < -0.39 is 5.97 Å². The second-order valence-electron chi connectivity index (χ2n) is 3.58. The second kappa shape index (κ2) is 8.08. The van der Waals surface area contributed by atoms with E-state index in [-0.39, 0.29) is 6.61 Å². The minimum Gasteiger partial charge on any atom is -0.485 e. The molecule has 1 rings (SSSR count). The summed E-state index contributed by atoms with van der Waals surface area (Å²) in [4.78, 5) is 0. The highest BCUT2D eigenvalue weighted by Gasteiger charge is 2.33. The first-order valence-electron chi connectivity index (χ1n) is 6.36. The van der Waals surface area contributed by atoms with Gasteiger partial charge in [0.15, 0.2) is 6.61 Å². The Balaban J connectivity index is 2.64. The molecule has 0 amide bonds. The number of benzene rings is 1. The van der Waals surface area contributed by atoms with E-state index in [0.29, 0.717) is 19.8 Å². The summed E-state index contributed by atoms with van der Waals surface area (Å²) in [6, 6.07) is 9.54. The predicted octanol–water partition coefficient (Wildman–Crippen LogP) is 2.83. The van der Waals surface area contributed by atoms with Gasteiger partial charge in [-0.05, 0) is 32.9 Å². The van der Waals surface area contributed by atoms with Crippen LogP contribution in [0.3, 0.4) is 0 Å². The summed E-state index contributed by atoms with van der Waals surface area (Å²) < 4.78 is 22.3.